The normalized spacial score (nSPS) is 17.2. The second-order valence-corrected chi connectivity index (χ2v) is 7.85. The van der Waals surface area contributed by atoms with Crippen LogP contribution in [0.5, 0.6) is 0 Å². The van der Waals surface area contributed by atoms with Gasteiger partial charge in [-0.25, -0.2) is 0 Å². The molecule has 1 aliphatic carbocycles. The van der Waals surface area contributed by atoms with Crippen molar-refractivity contribution in [3.05, 3.63) is 34.5 Å². The zero-order valence-electron chi connectivity index (χ0n) is 15.3. The van der Waals surface area contributed by atoms with Crippen molar-refractivity contribution < 1.29 is 9.21 Å². The molecule has 0 spiro atoms. The molecule has 1 heterocycles. The number of benzene rings is 1. The van der Waals surface area contributed by atoms with Crippen LogP contribution >= 0.6 is 11.6 Å². The summed E-state index contributed by atoms with van der Waals surface area (Å²) in [6.45, 7) is 2.53. The van der Waals surface area contributed by atoms with Crippen molar-refractivity contribution in [2.75, 3.05) is 20.6 Å². The van der Waals surface area contributed by atoms with Crippen LogP contribution in [0.4, 0.5) is 0 Å². The van der Waals surface area contributed by atoms with Gasteiger partial charge in [0.25, 0.3) is 5.91 Å². The molecular weight excluding hydrogens is 336 g/mol. The van der Waals surface area contributed by atoms with E-state index in [2.05, 4.69) is 24.3 Å². The maximum absolute atomic E-state index is 12.7. The lowest BCUT2D eigenvalue weighted by molar-refractivity contribution is 0.0836. The van der Waals surface area contributed by atoms with E-state index in [1.165, 1.54) is 32.1 Å². The molecule has 0 aliphatic heterocycles. The summed E-state index contributed by atoms with van der Waals surface area (Å²) in [5.41, 5.74) is 1.33. The topological polar surface area (TPSA) is 45.5 Å². The lowest BCUT2D eigenvalue weighted by atomic mass is 9.78. The van der Waals surface area contributed by atoms with Crippen molar-refractivity contribution in [1.82, 2.24) is 10.2 Å². The van der Waals surface area contributed by atoms with Gasteiger partial charge in [0.2, 0.25) is 0 Å². The van der Waals surface area contributed by atoms with Gasteiger partial charge in [-0.15, -0.1) is 0 Å². The number of halogens is 1. The van der Waals surface area contributed by atoms with Crippen LogP contribution in [0.1, 0.15) is 54.6 Å². The number of aryl methyl sites for hydroxylation is 1. The minimum Gasteiger partial charge on any atom is -0.461 e. The fourth-order valence-electron chi connectivity index (χ4n) is 4.05. The highest BCUT2D eigenvalue weighted by Gasteiger charge is 2.33. The van der Waals surface area contributed by atoms with Crippen molar-refractivity contribution in [2.24, 2.45) is 0 Å². The third-order valence-electron chi connectivity index (χ3n) is 5.56. The molecule has 1 amide bonds. The number of nitrogens with one attached hydrogen (secondary N) is 1. The summed E-state index contributed by atoms with van der Waals surface area (Å²) in [6, 6.07) is 5.42. The molecular formula is C20H27ClN2O2. The first-order valence-electron chi connectivity index (χ1n) is 9.07. The smallest absolute Gasteiger partial charge is 0.255 e. The molecule has 2 aromatic rings. The number of carbonyl (C=O) groups is 1. The second-order valence-electron chi connectivity index (χ2n) is 7.41. The van der Waals surface area contributed by atoms with E-state index >= 15 is 0 Å². The van der Waals surface area contributed by atoms with Crippen LogP contribution in [0.15, 0.2) is 22.6 Å². The van der Waals surface area contributed by atoms with Gasteiger partial charge in [0.15, 0.2) is 0 Å². The Kier molecular flexibility index (Phi) is 5.40. The Bertz CT molecular complexity index is 760. The first kappa shape index (κ1) is 18.3. The maximum Gasteiger partial charge on any atom is 0.255 e. The monoisotopic (exact) mass is 362 g/mol. The molecule has 1 fully saturated rings. The average Bonchev–Trinajstić information content (AvgIpc) is 2.94. The first-order chi connectivity index (χ1) is 11.9. The van der Waals surface area contributed by atoms with Gasteiger partial charge >= 0.3 is 0 Å². The fraction of sp³-hybridized carbons (Fsp3) is 0.550. The van der Waals surface area contributed by atoms with Crippen LogP contribution in [0.25, 0.3) is 11.0 Å². The Morgan fingerprint density at radius 1 is 1.24 bits per heavy atom. The largest absolute Gasteiger partial charge is 0.461 e. The van der Waals surface area contributed by atoms with Gasteiger partial charge in [0.05, 0.1) is 5.56 Å². The quantitative estimate of drug-likeness (QED) is 0.832. The minimum atomic E-state index is -0.119. The summed E-state index contributed by atoms with van der Waals surface area (Å²) in [5, 5.41) is 4.49. The fourth-order valence-corrected chi connectivity index (χ4v) is 4.28. The Hall–Kier alpha value is -1.52. The molecule has 1 saturated carbocycles. The summed E-state index contributed by atoms with van der Waals surface area (Å²) < 4.78 is 5.70. The highest BCUT2D eigenvalue weighted by Crippen LogP contribution is 2.34. The molecule has 0 radical (unpaired) electrons. The molecule has 1 aromatic heterocycles. The summed E-state index contributed by atoms with van der Waals surface area (Å²) in [5.74, 6) is 0.659. The number of fused-ring (bicyclic) bond motifs is 1. The van der Waals surface area contributed by atoms with Gasteiger partial charge in [-0.2, -0.15) is 0 Å². The second kappa shape index (κ2) is 7.38. The van der Waals surface area contributed by atoms with Crippen molar-refractivity contribution in [1.29, 1.82) is 0 Å². The lowest BCUT2D eigenvalue weighted by Gasteiger charge is -2.43. The average molecular weight is 363 g/mol. The van der Waals surface area contributed by atoms with Gasteiger partial charge in [0, 0.05) is 22.5 Å². The summed E-state index contributed by atoms with van der Waals surface area (Å²) in [4.78, 5) is 15.0. The van der Waals surface area contributed by atoms with Crippen LogP contribution in [-0.2, 0) is 0 Å². The number of hydrogen-bond donors (Lipinski definition) is 1. The molecule has 0 bridgehead atoms. The molecule has 0 saturated heterocycles. The Labute approximate surface area is 154 Å². The van der Waals surface area contributed by atoms with E-state index < -0.39 is 0 Å². The zero-order chi connectivity index (χ0) is 18.0. The zero-order valence-corrected chi connectivity index (χ0v) is 16.1. The molecule has 136 valence electrons. The van der Waals surface area contributed by atoms with E-state index in [1.54, 1.807) is 6.07 Å². The summed E-state index contributed by atoms with van der Waals surface area (Å²) >= 11 is 6.17. The number of carbonyl (C=O) groups excluding carboxylic acids is 1. The van der Waals surface area contributed by atoms with E-state index in [0.717, 1.165) is 17.6 Å². The molecule has 1 aromatic carbocycles. The lowest BCUT2D eigenvalue weighted by Crippen LogP contribution is -2.48. The van der Waals surface area contributed by atoms with E-state index in [-0.39, 0.29) is 11.4 Å². The number of furan rings is 1. The number of rotatable bonds is 5. The Morgan fingerprint density at radius 2 is 1.96 bits per heavy atom. The van der Waals surface area contributed by atoms with Crippen LogP contribution in [0.3, 0.4) is 0 Å². The molecule has 25 heavy (non-hydrogen) atoms. The third kappa shape index (κ3) is 3.85. The van der Waals surface area contributed by atoms with Crippen molar-refractivity contribution >= 4 is 28.5 Å². The predicted molar refractivity (Wildman–Crippen MR) is 102 cm³/mol. The van der Waals surface area contributed by atoms with Crippen molar-refractivity contribution in [3.8, 4) is 0 Å². The Morgan fingerprint density at radius 3 is 2.64 bits per heavy atom. The first-order valence-corrected chi connectivity index (χ1v) is 9.44. The standard InChI is InChI=1S/C20H27ClN2O2/c1-14-11-15-12-16(21)13-17(18(15)25-14)19(24)22-10-9-20(23(2)3)7-5-4-6-8-20/h11-13H,4-10H2,1-3H3,(H,22,24). The minimum absolute atomic E-state index is 0.119. The van der Waals surface area contributed by atoms with Gasteiger partial charge in [0.1, 0.15) is 11.3 Å². The van der Waals surface area contributed by atoms with E-state index in [4.69, 9.17) is 16.0 Å². The van der Waals surface area contributed by atoms with Crippen LogP contribution in [-0.4, -0.2) is 37.0 Å². The molecule has 1 aliphatic rings. The van der Waals surface area contributed by atoms with Crippen LogP contribution < -0.4 is 5.32 Å². The van der Waals surface area contributed by atoms with Crippen LogP contribution in [0.2, 0.25) is 5.02 Å². The maximum atomic E-state index is 12.7. The molecule has 0 atom stereocenters. The van der Waals surface area contributed by atoms with E-state index in [1.807, 2.05) is 19.1 Å². The summed E-state index contributed by atoms with van der Waals surface area (Å²) in [6.07, 6.45) is 7.23. The summed E-state index contributed by atoms with van der Waals surface area (Å²) in [7, 11) is 4.30. The van der Waals surface area contributed by atoms with Gasteiger partial charge in [-0.05, 0) is 58.5 Å². The molecule has 3 rings (SSSR count). The highest BCUT2D eigenvalue weighted by atomic mass is 35.5. The predicted octanol–water partition coefficient (Wildman–Crippen LogP) is 4.78. The number of nitrogens with zero attached hydrogens (tertiary/aromatic N) is 1. The number of amides is 1. The van der Waals surface area contributed by atoms with Gasteiger partial charge in [-0.1, -0.05) is 30.9 Å². The van der Waals surface area contributed by atoms with Crippen molar-refractivity contribution in [3.63, 3.8) is 0 Å². The van der Waals surface area contributed by atoms with E-state index in [9.17, 15) is 4.79 Å². The number of hydrogen-bond acceptors (Lipinski definition) is 3. The molecule has 0 unspecified atom stereocenters. The molecule has 1 N–H and O–H groups in total. The highest BCUT2D eigenvalue weighted by molar-refractivity contribution is 6.32. The van der Waals surface area contributed by atoms with Crippen LogP contribution in [0, 0.1) is 6.92 Å². The van der Waals surface area contributed by atoms with E-state index in [0.29, 0.717) is 22.7 Å². The van der Waals surface area contributed by atoms with Crippen molar-refractivity contribution in [2.45, 2.75) is 51.0 Å². The SMILES string of the molecule is Cc1cc2cc(Cl)cc(C(=O)NCCC3(N(C)C)CCCCC3)c2o1. The van der Waals surface area contributed by atoms with Gasteiger partial charge < -0.3 is 14.6 Å². The Balaban J connectivity index is 1.70. The van der Waals surface area contributed by atoms with Gasteiger partial charge in [-0.3, -0.25) is 4.79 Å². The molecule has 5 heteroatoms. The molecule has 4 nitrogen and oxygen atoms in total. The third-order valence-corrected chi connectivity index (χ3v) is 5.78.